The van der Waals surface area contributed by atoms with Crippen molar-refractivity contribution >= 4 is 29.3 Å². The molecule has 1 atom stereocenters. The first kappa shape index (κ1) is 18.9. The van der Waals surface area contributed by atoms with Crippen molar-refractivity contribution in [2.75, 3.05) is 5.75 Å². The van der Waals surface area contributed by atoms with Crippen LogP contribution in [-0.2, 0) is 10.5 Å². The van der Waals surface area contributed by atoms with Crippen molar-refractivity contribution in [2.45, 2.75) is 39.0 Å². The molecule has 2 aromatic carbocycles. The van der Waals surface area contributed by atoms with Gasteiger partial charge in [-0.25, -0.2) is 0 Å². The molecular formula is C20H24ClNOS. The lowest BCUT2D eigenvalue weighted by Gasteiger charge is -2.20. The van der Waals surface area contributed by atoms with E-state index in [1.54, 1.807) is 11.8 Å². The Hall–Kier alpha value is -1.45. The summed E-state index contributed by atoms with van der Waals surface area (Å²) < 4.78 is 0. The van der Waals surface area contributed by atoms with Gasteiger partial charge in [-0.3, -0.25) is 4.79 Å². The molecule has 4 heteroatoms. The van der Waals surface area contributed by atoms with Gasteiger partial charge in [0.1, 0.15) is 0 Å². The highest BCUT2D eigenvalue weighted by atomic mass is 35.5. The molecule has 0 unspecified atom stereocenters. The van der Waals surface area contributed by atoms with Crippen LogP contribution in [0.15, 0.2) is 42.5 Å². The van der Waals surface area contributed by atoms with E-state index in [1.807, 2.05) is 24.3 Å². The van der Waals surface area contributed by atoms with Crippen molar-refractivity contribution in [2.24, 2.45) is 0 Å². The van der Waals surface area contributed by atoms with Crippen LogP contribution >= 0.6 is 23.4 Å². The molecule has 1 amide bonds. The van der Waals surface area contributed by atoms with Gasteiger partial charge in [-0.2, -0.15) is 0 Å². The van der Waals surface area contributed by atoms with E-state index in [1.165, 1.54) is 16.7 Å². The number of carbonyl (C=O) groups excluding carboxylic acids is 1. The zero-order chi connectivity index (χ0) is 17.5. The van der Waals surface area contributed by atoms with Crippen LogP contribution in [0.2, 0.25) is 5.02 Å². The van der Waals surface area contributed by atoms with Gasteiger partial charge in [-0.05, 0) is 43.0 Å². The minimum absolute atomic E-state index is 0.0684. The molecule has 0 aliphatic rings. The number of benzene rings is 2. The first-order chi connectivity index (χ1) is 11.5. The minimum Gasteiger partial charge on any atom is -0.349 e. The molecule has 0 saturated heterocycles. The van der Waals surface area contributed by atoms with Crippen LogP contribution in [0.5, 0.6) is 0 Å². The Bertz CT molecular complexity index is 702. The average Bonchev–Trinajstić information content (AvgIpc) is 2.55. The number of carbonyl (C=O) groups is 1. The maximum atomic E-state index is 12.3. The molecule has 0 bridgehead atoms. The van der Waals surface area contributed by atoms with Gasteiger partial charge >= 0.3 is 0 Å². The van der Waals surface area contributed by atoms with Crippen molar-refractivity contribution in [3.8, 4) is 0 Å². The zero-order valence-electron chi connectivity index (χ0n) is 14.4. The topological polar surface area (TPSA) is 29.1 Å². The first-order valence-corrected chi connectivity index (χ1v) is 9.72. The Morgan fingerprint density at radius 3 is 2.62 bits per heavy atom. The standard InChI is InChI=1S/C20H24ClNOS/c1-4-19(17-10-9-14(2)11-15(17)3)22-20(23)13-24-12-16-7-5-6-8-18(16)21/h5-11,19H,4,12-13H2,1-3H3,(H,22,23)/t19-/m0/s1. The fraction of sp³-hybridized carbons (Fsp3) is 0.350. The fourth-order valence-corrected chi connectivity index (χ4v) is 3.85. The van der Waals surface area contributed by atoms with Crippen molar-refractivity contribution in [1.29, 1.82) is 0 Å². The van der Waals surface area contributed by atoms with Gasteiger partial charge in [0.2, 0.25) is 5.91 Å². The molecule has 0 saturated carbocycles. The third-order valence-corrected chi connectivity index (χ3v) is 5.34. The van der Waals surface area contributed by atoms with Gasteiger partial charge < -0.3 is 5.32 Å². The highest BCUT2D eigenvalue weighted by Gasteiger charge is 2.15. The molecule has 0 fully saturated rings. The summed E-state index contributed by atoms with van der Waals surface area (Å²) in [6, 6.07) is 14.2. The second-order valence-electron chi connectivity index (χ2n) is 5.97. The second kappa shape index (κ2) is 9.14. The number of thioether (sulfide) groups is 1. The van der Waals surface area contributed by atoms with Crippen LogP contribution in [-0.4, -0.2) is 11.7 Å². The maximum absolute atomic E-state index is 12.3. The van der Waals surface area contributed by atoms with E-state index in [2.05, 4.69) is 44.3 Å². The monoisotopic (exact) mass is 361 g/mol. The van der Waals surface area contributed by atoms with Crippen molar-refractivity contribution < 1.29 is 4.79 Å². The third kappa shape index (κ3) is 5.29. The molecule has 128 valence electrons. The number of hydrogen-bond donors (Lipinski definition) is 1. The molecule has 0 aliphatic carbocycles. The predicted octanol–water partition coefficient (Wildman–Crippen LogP) is 5.46. The van der Waals surface area contributed by atoms with E-state index in [9.17, 15) is 4.79 Å². The number of amides is 1. The molecule has 0 spiro atoms. The molecule has 2 aromatic rings. The Balaban J connectivity index is 1.89. The Labute approximate surface area is 154 Å². The lowest BCUT2D eigenvalue weighted by Crippen LogP contribution is -2.30. The Kier molecular flexibility index (Phi) is 7.19. The summed E-state index contributed by atoms with van der Waals surface area (Å²) >= 11 is 7.73. The highest BCUT2D eigenvalue weighted by Crippen LogP contribution is 2.23. The van der Waals surface area contributed by atoms with Crippen LogP contribution in [0.4, 0.5) is 0 Å². The smallest absolute Gasteiger partial charge is 0.230 e. The van der Waals surface area contributed by atoms with Crippen LogP contribution < -0.4 is 5.32 Å². The third-order valence-electron chi connectivity index (χ3n) is 3.99. The second-order valence-corrected chi connectivity index (χ2v) is 7.37. The van der Waals surface area contributed by atoms with E-state index < -0.39 is 0 Å². The van der Waals surface area contributed by atoms with Gasteiger partial charge in [0.15, 0.2) is 0 Å². The largest absolute Gasteiger partial charge is 0.349 e. The summed E-state index contributed by atoms with van der Waals surface area (Å²) in [5.41, 5.74) is 4.74. The maximum Gasteiger partial charge on any atom is 0.230 e. The van der Waals surface area contributed by atoms with E-state index in [-0.39, 0.29) is 11.9 Å². The van der Waals surface area contributed by atoms with Gasteiger partial charge in [0, 0.05) is 10.8 Å². The van der Waals surface area contributed by atoms with Crippen molar-refractivity contribution in [3.05, 3.63) is 69.7 Å². The molecular weight excluding hydrogens is 338 g/mol. The normalized spacial score (nSPS) is 12.0. The Morgan fingerprint density at radius 1 is 1.21 bits per heavy atom. The first-order valence-electron chi connectivity index (χ1n) is 8.19. The van der Waals surface area contributed by atoms with Gasteiger partial charge in [0.05, 0.1) is 11.8 Å². The highest BCUT2D eigenvalue weighted by molar-refractivity contribution is 7.99. The van der Waals surface area contributed by atoms with E-state index in [0.29, 0.717) is 5.75 Å². The molecule has 0 radical (unpaired) electrons. The summed E-state index contributed by atoms with van der Waals surface area (Å²) in [6.45, 7) is 6.28. The molecule has 1 N–H and O–H groups in total. The molecule has 0 aromatic heterocycles. The summed E-state index contributed by atoms with van der Waals surface area (Å²) in [5, 5.41) is 3.91. The number of nitrogens with one attached hydrogen (secondary N) is 1. The zero-order valence-corrected chi connectivity index (χ0v) is 16.0. The van der Waals surface area contributed by atoms with Crippen LogP contribution in [0.3, 0.4) is 0 Å². The number of aryl methyl sites for hydroxylation is 2. The van der Waals surface area contributed by atoms with Crippen LogP contribution in [0, 0.1) is 13.8 Å². The fourth-order valence-electron chi connectivity index (χ4n) is 2.72. The summed E-state index contributed by atoms with van der Waals surface area (Å²) in [4.78, 5) is 12.3. The van der Waals surface area contributed by atoms with Crippen LogP contribution in [0.1, 0.15) is 41.6 Å². The van der Waals surface area contributed by atoms with E-state index in [0.717, 1.165) is 22.8 Å². The minimum atomic E-state index is 0.0684. The van der Waals surface area contributed by atoms with Crippen molar-refractivity contribution in [1.82, 2.24) is 5.32 Å². The van der Waals surface area contributed by atoms with E-state index in [4.69, 9.17) is 11.6 Å². The quantitative estimate of drug-likeness (QED) is 0.709. The lowest BCUT2D eigenvalue weighted by molar-refractivity contribution is -0.119. The molecule has 0 aliphatic heterocycles. The summed E-state index contributed by atoms with van der Waals surface area (Å²) in [6.07, 6.45) is 0.880. The van der Waals surface area contributed by atoms with E-state index >= 15 is 0 Å². The Morgan fingerprint density at radius 2 is 1.96 bits per heavy atom. The number of hydrogen-bond acceptors (Lipinski definition) is 2. The molecule has 2 rings (SSSR count). The lowest BCUT2D eigenvalue weighted by atomic mass is 9.97. The van der Waals surface area contributed by atoms with Crippen LogP contribution in [0.25, 0.3) is 0 Å². The number of halogens is 1. The molecule has 2 nitrogen and oxygen atoms in total. The SMILES string of the molecule is CC[C@H](NC(=O)CSCc1ccccc1Cl)c1ccc(C)cc1C. The predicted molar refractivity (Wildman–Crippen MR) is 105 cm³/mol. The van der Waals surface area contributed by atoms with Crippen molar-refractivity contribution in [3.63, 3.8) is 0 Å². The summed E-state index contributed by atoms with van der Waals surface area (Å²) in [7, 11) is 0. The van der Waals surface area contributed by atoms with Gasteiger partial charge in [-0.1, -0.05) is 60.5 Å². The van der Waals surface area contributed by atoms with Gasteiger partial charge in [0.25, 0.3) is 0 Å². The molecule has 0 heterocycles. The summed E-state index contributed by atoms with van der Waals surface area (Å²) in [5.74, 6) is 1.25. The van der Waals surface area contributed by atoms with Gasteiger partial charge in [-0.15, -0.1) is 11.8 Å². The number of rotatable bonds is 7. The molecule has 24 heavy (non-hydrogen) atoms. The average molecular weight is 362 g/mol.